The third kappa shape index (κ3) is 67.3. The number of aryl methyl sites for hydroxylation is 1. The van der Waals surface area contributed by atoms with Gasteiger partial charge in [-0.05, 0) is 90.4 Å². The molecular formula is C87H145N7O28. The molecule has 35 nitrogen and oxygen atoms in total. The molecule has 4 atom stereocenters. The Morgan fingerprint density at radius 1 is 0.361 bits per heavy atom. The minimum absolute atomic E-state index is 0.00963. The van der Waals surface area contributed by atoms with Crippen molar-refractivity contribution in [2.24, 2.45) is 23.2 Å². The van der Waals surface area contributed by atoms with Crippen LogP contribution in [0, 0.1) is 23.2 Å². The number of aromatic amines is 1. The number of carbonyl (C=O) groups excluding carboxylic acids is 12. The standard InChI is InChI=1S/C87H145N7O28/c1-66(95)67(26-20-22-40-89-80(104)62-120-53-49-116-45-25-30-74(99)61-119-52-50-117-46-42-91-78(102)39-34-69(85(111)112)56-72(97)28-16-12-8-4-6-10-14-18-32-83(107)108)57-76(100)68(58-77(101)87(2,3)59-73(98)36-35-70-60-88-65-93-70)27-21-23-41-90-81(105)63-122-55-51-118-47-43-92-82(106)64-121-54-48-115-44-24-29-71(96)37-38-75(86(113)114)94-79(103)31-17-13-9-5-7-11-15-19-33-84(109)110/h60,65,67-69,75H,4-59,61-64H2,1-3H3,(H,88,93)(H,89,104)(H,90,105)(H,91,102)(H,92,106)(H,94,103)(H,107,108)(H,109,110)(H,111,112)(H,113,114)/t67-,68-,69-,75+/m1/s1. The second-order valence-electron chi connectivity index (χ2n) is 31.6. The number of ketones is 7. The quantitative estimate of drug-likeness (QED) is 0.0273. The number of hydrogen-bond donors (Lipinski definition) is 10. The number of ether oxygens (including phenoxy) is 8. The van der Waals surface area contributed by atoms with Crippen LogP contribution in [0.4, 0.5) is 0 Å². The van der Waals surface area contributed by atoms with E-state index < -0.39 is 53.1 Å². The Balaban J connectivity index is 2.31. The molecule has 0 aromatic carbocycles. The van der Waals surface area contributed by atoms with Gasteiger partial charge in [-0.1, -0.05) is 104 Å². The number of nitrogens with zero attached hydrogens (tertiary/aromatic N) is 1. The lowest BCUT2D eigenvalue weighted by molar-refractivity contribution is -0.144. The summed E-state index contributed by atoms with van der Waals surface area (Å²) in [6.07, 6.45) is 22.0. The maximum absolute atomic E-state index is 14.1. The smallest absolute Gasteiger partial charge is 0.326 e. The number of rotatable bonds is 89. The van der Waals surface area contributed by atoms with E-state index in [-0.39, 0.29) is 285 Å². The fourth-order valence-corrected chi connectivity index (χ4v) is 13.0. The number of aliphatic carboxylic acids is 4. The second-order valence-corrected chi connectivity index (χ2v) is 31.6. The number of carboxylic acid groups (broad SMARTS) is 4. The number of H-pyrrole nitrogens is 1. The molecule has 1 aromatic rings. The Hall–Kier alpha value is -8.19. The number of imidazole rings is 1. The van der Waals surface area contributed by atoms with Crippen molar-refractivity contribution in [3.8, 4) is 0 Å². The van der Waals surface area contributed by atoms with Crippen molar-refractivity contribution in [3.05, 3.63) is 18.2 Å². The third-order valence-electron chi connectivity index (χ3n) is 20.2. The van der Waals surface area contributed by atoms with Crippen LogP contribution in [0.1, 0.15) is 277 Å². The summed E-state index contributed by atoms with van der Waals surface area (Å²) in [4.78, 5) is 205. The van der Waals surface area contributed by atoms with Crippen molar-refractivity contribution in [3.63, 3.8) is 0 Å². The van der Waals surface area contributed by atoms with Gasteiger partial charge in [-0.15, -0.1) is 0 Å². The molecule has 35 heteroatoms. The van der Waals surface area contributed by atoms with Gasteiger partial charge >= 0.3 is 23.9 Å². The van der Waals surface area contributed by atoms with Gasteiger partial charge in [0.05, 0.1) is 78.3 Å². The lowest BCUT2D eigenvalue weighted by Gasteiger charge is -2.26. The van der Waals surface area contributed by atoms with E-state index in [0.717, 1.165) is 82.7 Å². The number of carboxylic acids is 4. The van der Waals surface area contributed by atoms with Gasteiger partial charge in [0.25, 0.3) is 0 Å². The topological polar surface area (TPSA) is 517 Å². The van der Waals surface area contributed by atoms with E-state index in [1.807, 2.05) is 0 Å². The Bertz CT molecular complexity index is 3150. The molecular weight excluding hydrogens is 1590 g/mol. The van der Waals surface area contributed by atoms with Crippen molar-refractivity contribution in [1.29, 1.82) is 0 Å². The number of unbranched alkanes of at least 4 members (excludes halogenated alkanes) is 16. The molecule has 0 spiro atoms. The number of hydrogen-bond acceptors (Lipinski definition) is 25. The molecule has 0 aliphatic carbocycles. The summed E-state index contributed by atoms with van der Waals surface area (Å²) in [7, 11) is 0. The number of Topliss-reactive ketones (excluding diaryl/α,β-unsaturated/α-hetero) is 7. The molecule has 0 fully saturated rings. The zero-order valence-electron chi connectivity index (χ0n) is 72.9. The molecule has 0 radical (unpaired) electrons. The Morgan fingerprint density at radius 3 is 1.27 bits per heavy atom. The van der Waals surface area contributed by atoms with Crippen LogP contribution in [-0.2, 0) is 121 Å². The van der Waals surface area contributed by atoms with E-state index in [0.29, 0.717) is 96.4 Å². The second kappa shape index (κ2) is 74.3. The number of aromatic nitrogens is 2. The maximum atomic E-state index is 14.1. The Morgan fingerprint density at radius 2 is 0.795 bits per heavy atom. The number of carbonyl (C=O) groups is 16. The van der Waals surface area contributed by atoms with Crippen LogP contribution >= 0.6 is 0 Å². The average Bonchev–Trinajstić information content (AvgIpc) is 0.912. The average molecular weight is 1740 g/mol. The van der Waals surface area contributed by atoms with Crippen molar-refractivity contribution >= 4 is 93.9 Å². The molecule has 0 aliphatic heterocycles. The first-order valence-corrected chi connectivity index (χ1v) is 44.1. The summed E-state index contributed by atoms with van der Waals surface area (Å²) in [5.41, 5.74) is -0.279. The van der Waals surface area contributed by atoms with Crippen LogP contribution in [0.3, 0.4) is 0 Å². The Kier molecular flexibility index (Phi) is 68.1. The summed E-state index contributed by atoms with van der Waals surface area (Å²) in [5.74, 6) is -9.26. The number of nitrogens with one attached hydrogen (secondary N) is 6. The van der Waals surface area contributed by atoms with Gasteiger partial charge in [-0.25, -0.2) is 9.78 Å². The first-order valence-electron chi connectivity index (χ1n) is 44.1. The summed E-state index contributed by atoms with van der Waals surface area (Å²) in [5, 5.41) is 50.0. The normalized spacial score (nSPS) is 12.4. The van der Waals surface area contributed by atoms with Gasteiger partial charge in [-0.2, -0.15) is 0 Å². The molecule has 0 bridgehead atoms. The summed E-state index contributed by atoms with van der Waals surface area (Å²) >= 11 is 0. The fraction of sp³-hybridized carbons (Fsp3) is 0.782. The highest BCUT2D eigenvalue weighted by molar-refractivity contribution is 5.95. The molecule has 0 aliphatic rings. The third-order valence-corrected chi connectivity index (χ3v) is 20.2. The van der Waals surface area contributed by atoms with Crippen LogP contribution in [0.15, 0.2) is 12.5 Å². The van der Waals surface area contributed by atoms with Crippen LogP contribution in [0.2, 0.25) is 0 Å². The minimum Gasteiger partial charge on any atom is -0.481 e. The van der Waals surface area contributed by atoms with E-state index in [9.17, 15) is 86.9 Å². The maximum Gasteiger partial charge on any atom is 0.326 e. The van der Waals surface area contributed by atoms with E-state index in [2.05, 4.69) is 36.6 Å². The predicted octanol–water partition coefficient (Wildman–Crippen LogP) is 8.47. The summed E-state index contributed by atoms with van der Waals surface area (Å²) in [6.45, 7) is 7.04. The highest BCUT2D eigenvalue weighted by atomic mass is 16.5. The predicted molar refractivity (Wildman–Crippen MR) is 448 cm³/mol. The molecule has 1 aromatic heterocycles. The molecule has 122 heavy (non-hydrogen) atoms. The van der Waals surface area contributed by atoms with Gasteiger partial charge < -0.3 is 89.9 Å². The zero-order valence-corrected chi connectivity index (χ0v) is 72.9. The highest BCUT2D eigenvalue weighted by Gasteiger charge is 2.35. The van der Waals surface area contributed by atoms with Crippen molar-refractivity contribution < 1.29 is 135 Å². The fourth-order valence-electron chi connectivity index (χ4n) is 13.0. The Labute approximate surface area is 719 Å². The van der Waals surface area contributed by atoms with Gasteiger partial charge in [0.2, 0.25) is 29.5 Å². The van der Waals surface area contributed by atoms with Gasteiger partial charge in [0.15, 0.2) is 5.78 Å². The highest BCUT2D eigenvalue weighted by Crippen LogP contribution is 2.31. The van der Waals surface area contributed by atoms with Crippen molar-refractivity contribution in [2.75, 3.05) is 132 Å². The first kappa shape index (κ1) is 112. The zero-order chi connectivity index (χ0) is 90.1. The SMILES string of the molecule is CC(=O)[C@H](CCCCNC(=O)COCCOCCCC(=O)COCCOCCNC(=O)CC[C@H](CC(=O)CCCCCCCCCCC(=O)O)C(=O)O)CC(=O)[C@H](CCCCNC(=O)COCCOCCNC(=O)COCCOCCCC(=O)CC[C@H](NC(=O)CCCCCCCCCCC(=O)O)C(=O)O)CC(=O)C(C)(C)CC(=O)CCc1cnc[nH]1. The summed E-state index contributed by atoms with van der Waals surface area (Å²) in [6, 6.07) is -1.16. The monoisotopic (exact) mass is 1740 g/mol. The van der Waals surface area contributed by atoms with Crippen LogP contribution < -0.4 is 26.6 Å². The van der Waals surface area contributed by atoms with Gasteiger partial charge in [0.1, 0.15) is 67.2 Å². The van der Waals surface area contributed by atoms with Crippen LogP contribution in [-0.4, -0.2) is 262 Å². The van der Waals surface area contributed by atoms with Gasteiger partial charge in [0, 0.05) is 152 Å². The molecule has 10 N–H and O–H groups in total. The largest absolute Gasteiger partial charge is 0.481 e. The van der Waals surface area contributed by atoms with E-state index in [4.69, 9.17) is 48.1 Å². The van der Waals surface area contributed by atoms with E-state index >= 15 is 0 Å². The molecule has 696 valence electrons. The first-order chi connectivity index (χ1) is 58.6. The minimum atomic E-state index is -1.21. The van der Waals surface area contributed by atoms with Crippen LogP contribution in [0.5, 0.6) is 0 Å². The van der Waals surface area contributed by atoms with Gasteiger partial charge in [-0.3, -0.25) is 71.9 Å². The molecule has 1 heterocycles. The molecule has 0 saturated carbocycles. The molecule has 5 amide bonds. The number of amides is 5. The van der Waals surface area contributed by atoms with Crippen molar-refractivity contribution in [2.45, 2.75) is 284 Å². The molecule has 0 saturated heterocycles. The lowest BCUT2D eigenvalue weighted by Crippen LogP contribution is -2.41. The molecule has 0 unspecified atom stereocenters. The van der Waals surface area contributed by atoms with E-state index in [1.54, 1.807) is 20.0 Å². The lowest BCUT2D eigenvalue weighted by atomic mass is 9.76. The van der Waals surface area contributed by atoms with Crippen LogP contribution in [0.25, 0.3) is 0 Å². The van der Waals surface area contributed by atoms with Crippen molar-refractivity contribution in [1.82, 2.24) is 36.6 Å². The van der Waals surface area contributed by atoms with E-state index in [1.165, 1.54) is 13.3 Å². The molecule has 1 rings (SSSR count). The summed E-state index contributed by atoms with van der Waals surface area (Å²) < 4.78 is 43.6.